The Labute approximate surface area is 48.8 Å². The number of ether oxygens (including phenoxy) is 2. The molecule has 0 bridgehead atoms. The highest BCUT2D eigenvalue weighted by molar-refractivity contribution is 4.84. The molecule has 2 nitrogen and oxygen atoms in total. The fourth-order valence-corrected chi connectivity index (χ4v) is 0.999. The van der Waals surface area contributed by atoms with Crippen LogP contribution in [-0.4, -0.2) is 12.7 Å². The predicted molar refractivity (Wildman–Crippen MR) is 27.8 cm³/mol. The molecule has 1 saturated carbocycles. The maximum absolute atomic E-state index is 5.13. The van der Waals surface area contributed by atoms with Gasteiger partial charge in [-0.3, -0.25) is 0 Å². The van der Waals surface area contributed by atoms with Gasteiger partial charge in [-0.15, -0.1) is 0 Å². The van der Waals surface area contributed by atoms with Crippen LogP contribution in [0.15, 0.2) is 0 Å². The van der Waals surface area contributed by atoms with Crippen LogP contribution in [0.3, 0.4) is 0 Å². The Hall–Kier alpha value is -0.0800. The van der Waals surface area contributed by atoms with Gasteiger partial charge in [0.05, 0.1) is 12.7 Å². The van der Waals surface area contributed by atoms with Crippen molar-refractivity contribution in [2.75, 3.05) is 6.61 Å². The molecule has 0 unspecified atom stereocenters. The van der Waals surface area contributed by atoms with Gasteiger partial charge in [-0.1, -0.05) is 0 Å². The summed E-state index contributed by atoms with van der Waals surface area (Å²) in [6.45, 7) is 2.24. The van der Waals surface area contributed by atoms with E-state index in [0.717, 1.165) is 12.5 Å². The van der Waals surface area contributed by atoms with Crippen molar-refractivity contribution in [1.82, 2.24) is 0 Å². The summed E-state index contributed by atoms with van der Waals surface area (Å²) in [6, 6.07) is 0. The molecule has 0 spiro atoms. The SMILES string of the molecule is [CH]1OC[C@@H](C2CC2)O1. The lowest BCUT2D eigenvalue weighted by Crippen LogP contribution is -2.10. The highest BCUT2D eigenvalue weighted by Crippen LogP contribution is 2.36. The highest BCUT2D eigenvalue weighted by Gasteiger charge is 2.34. The summed E-state index contributed by atoms with van der Waals surface area (Å²) in [5.74, 6) is 0.814. The fourth-order valence-electron chi connectivity index (χ4n) is 0.999. The second-order valence-electron chi connectivity index (χ2n) is 2.44. The smallest absolute Gasteiger partial charge is 0.209 e. The van der Waals surface area contributed by atoms with Crippen molar-refractivity contribution in [2.24, 2.45) is 5.92 Å². The van der Waals surface area contributed by atoms with E-state index in [0.29, 0.717) is 6.10 Å². The van der Waals surface area contributed by atoms with Crippen LogP contribution in [0.2, 0.25) is 0 Å². The second-order valence-corrected chi connectivity index (χ2v) is 2.44. The molecule has 0 N–H and O–H groups in total. The van der Waals surface area contributed by atoms with Crippen LogP contribution >= 0.6 is 0 Å². The van der Waals surface area contributed by atoms with E-state index in [2.05, 4.69) is 0 Å². The lowest BCUT2D eigenvalue weighted by Gasteiger charge is -2.00. The van der Waals surface area contributed by atoms with Gasteiger partial charge in [0.25, 0.3) is 0 Å². The number of hydrogen-bond donors (Lipinski definition) is 0. The third-order valence-electron chi connectivity index (χ3n) is 1.71. The molecule has 0 amide bonds. The van der Waals surface area contributed by atoms with Crippen LogP contribution in [-0.2, 0) is 9.47 Å². The average molecular weight is 113 g/mol. The van der Waals surface area contributed by atoms with Gasteiger partial charge in [0.15, 0.2) is 0 Å². The first kappa shape index (κ1) is 4.77. The Kier molecular flexibility index (Phi) is 1.02. The molecule has 2 fully saturated rings. The molecule has 1 radical (unpaired) electrons. The zero-order valence-corrected chi connectivity index (χ0v) is 4.67. The largest absolute Gasteiger partial charge is 0.345 e. The highest BCUT2D eigenvalue weighted by atomic mass is 16.7. The van der Waals surface area contributed by atoms with E-state index in [1.165, 1.54) is 19.6 Å². The topological polar surface area (TPSA) is 18.5 Å². The molecular formula is C6H9O2. The van der Waals surface area contributed by atoms with Gasteiger partial charge in [-0.25, -0.2) is 0 Å². The van der Waals surface area contributed by atoms with Gasteiger partial charge in [-0.05, 0) is 18.8 Å². The molecule has 1 saturated heterocycles. The summed E-state index contributed by atoms with van der Waals surface area (Å²) in [5.41, 5.74) is 0. The molecule has 2 heteroatoms. The maximum Gasteiger partial charge on any atom is 0.209 e. The first-order valence-corrected chi connectivity index (χ1v) is 3.05. The van der Waals surface area contributed by atoms with E-state index in [1.54, 1.807) is 0 Å². The maximum atomic E-state index is 5.13. The Balaban J connectivity index is 1.86. The summed E-state index contributed by atoms with van der Waals surface area (Å²) in [7, 11) is 0. The van der Waals surface area contributed by atoms with Gasteiger partial charge in [0.2, 0.25) is 6.79 Å². The number of rotatable bonds is 1. The molecule has 1 heterocycles. The molecule has 2 aliphatic rings. The Bertz CT molecular complexity index is 82.5. The number of hydrogen-bond acceptors (Lipinski definition) is 2. The molecule has 0 aromatic heterocycles. The lowest BCUT2D eigenvalue weighted by molar-refractivity contribution is 0.117. The zero-order chi connectivity index (χ0) is 5.40. The standard InChI is InChI=1S/C6H9O2/c1-2-5(1)6-3-7-4-8-6/h4-6H,1-3H2/t6-/m0/s1. The summed E-state index contributed by atoms with van der Waals surface area (Å²) >= 11 is 0. The fraction of sp³-hybridized carbons (Fsp3) is 0.833. The van der Waals surface area contributed by atoms with Gasteiger partial charge >= 0.3 is 0 Å². The van der Waals surface area contributed by atoms with E-state index in [1.807, 2.05) is 0 Å². The van der Waals surface area contributed by atoms with Gasteiger partial charge in [0.1, 0.15) is 0 Å². The summed E-state index contributed by atoms with van der Waals surface area (Å²) in [5, 5.41) is 0. The van der Waals surface area contributed by atoms with Crippen molar-refractivity contribution in [3.8, 4) is 0 Å². The molecule has 1 aliphatic heterocycles. The molecular weight excluding hydrogens is 104 g/mol. The summed E-state index contributed by atoms with van der Waals surface area (Å²) < 4.78 is 10.0. The molecule has 1 atom stereocenters. The van der Waals surface area contributed by atoms with Crippen LogP contribution in [0, 0.1) is 12.7 Å². The Morgan fingerprint density at radius 1 is 1.38 bits per heavy atom. The second kappa shape index (κ2) is 1.71. The van der Waals surface area contributed by atoms with Gasteiger partial charge < -0.3 is 9.47 Å². The van der Waals surface area contributed by atoms with Crippen molar-refractivity contribution in [1.29, 1.82) is 0 Å². The summed E-state index contributed by atoms with van der Waals surface area (Å²) in [4.78, 5) is 0. The molecule has 45 valence electrons. The lowest BCUT2D eigenvalue weighted by atomic mass is 10.2. The van der Waals surface area contributed by atoms with Crippen LogP contribution < -0.4 is 0 Å². The first-order valence-electron chi connectivity index (χ1n) is 3.05. The zero-order valence-electron chi connectivity index (χ0n) is 4.67. The Morgan fingerprint density at radius 2 is 2.25 bits per heavy atom. The molecule has 2 rings (SSSR count). The van der Waals surface area contributed by atoms with Crippen LogP contribution in [0.5, 0.6) is 0 Å². The molecule has 0 aromatic carbocycles. The van der Waals surface area contributed by atoms with Crippen molar-refractivity contribution >= 4 is 0 Å². The van der Waals surface area contributed by atoms with Crippen LogP contribution in [0.1, 0.15) is 12.8 Å². The van der Waals surface area contributed by atoms with Crippen molar-refractivity contribution < 1.29 is 9.47 Å². The van der Waals surface area contributed by atoms with Gasteiger partial charge in [-0.2, -0.15) is 0 Å². The van der Waals surface area contributed by atoms with Gasteiger partial charge in [0, 0.05) is 0 Å². The van der Waals surface area contributed by atoms with E-state index < -0.39 is 0 Å². The van der Waals surface area contributed by atoms with Crippen molar-refractivity contribution in [3.05, 3.63) is 6.79 Å². The third-order valence-corrected chi connectivity index (χ3v) is 1.71. The summed E-state index contributed by atoms with van der Waals surface area (Å²) in [6.07, 6.45) is 3.07. The predicted octanol–water partition coefficient (Wildman–Crippen LogP) is 0.931. The quantitative estimate of drug-likeness (QED) is 0.503. The first-order chi connectivity index (χ1) is 3.97. The van der Waals surface area contributed by atoms with E-state index in [-0.39, 0.29) is 0 Å². The van der Waals surface area contributed by atoms with Crippen molar-refractivity contribution in [3.63, 3.8) is 0 Å². The average Bonchev–Trinajstić information content (AvgIpc) is 2.49. The van der Waals surface area contributed by atoms with Crippen LogP contribution in [0.25, 0.3) is 0 Å². The van der Waals surface area contributed by atoms with Crippen molar-refractivity contribution in [2.45, 2.75) is 18.9 Å². The van der Waals surface area contributed by atoms with Crippen LogP contribution in [0.4, 0.5) is 0 Å². The van der Waals surface area contributed by atoms with E-state index >= 15 is 0 Å². The minimum Gasteiger partial charge on any atom is -0.345 e. The molecule has 0 aromatic rings. The molecule has 1 aliphatic carbocycles. The normalized spacial score (nSPS) is 38.2. The van der Waals surface area contributed by atoms with E-state index in [4.69, 9.17) is 9.47 Å². The minimum absolute atomic E-state index is 0.398. The monoisotopic (exact) mass is 113 g/mol. The van der Waals surface area contributed by atoms with E-state index in [9.17, 15) is 0 Å². The minimum atomic E-state index is 0.398. The Morgan fingerprint density at radius 3 is 2.75 bits per heavy atom. The molecule has 8 heavy (non-hydrogen) atoms. The third kappa shape index (κ3) is 0.740.